The highest BCUT2D eigenvalue weighted by molar-refractivity contribution is 6.21. The first-order valence-corrected chi connectivity index (χ1v) is 5.87. The molecular weight excluding hydrogens is 236 g/mol. The van der Waals surface area contributed by atoms with Gasteiger partial charge in [0.1, 0.15) is 0 Å². The first-order chi connectivity index (χ1) is 7.23. The lowest BCUT2D eigenvalue weighted by molar-refractivity contribution is -0.129. The third-order valence-corrected chi connectivity index (χ3v) is 3.41. The fraction of sp³-hybridized carbons (Fsp3) is 0.909. The molecular formula is C11H18ClF2NO. The van der Waals surface area contributed by atoms with E-state index in [0.717, 1.165) is 0 Å². The van der Waals surface area contributed by atoms with Gasteiger partial charge in [0.05, 0.1) is 6.04 Å². The van der Waals surface area contributed by atoms with Crippen LogP contribution in [0.1, 0.15) is 27.2 Å². The number of hydrogen-bond donors (Lipinski definition) is 1. The molecule has 0 saturated carbocycles. The Morgan fingerprint density at radius 1 is 1.44 bits per heavy atom. The van der Waals surface area contributed by atoms with Crippen LogP contribution in [0.15, 0.2) is 0 Å². The molecule has 3 atom stereocenters. The van der Waals surface area contributed by atoms with E-state index < -0.39 is 29.2 Å². The fourth-order valence-corrected chi connectivity index (χ4v) is 2.24. The van der Waals surface area contributed by atoms with Crippen molar-refractivity contribution in [1.29, 1.82) is 0 Å². The molecule has 16 heavy (non-hydrogen) atoms. The summed E-state index contributed by atoms with van der Waals surface area (Å²) in [6.07, 6.45) is -2.15. The van der Waals surface area contributed by atoms with E-state index in [1.165, 1.54) is 0 Å². The number of nitrogens with one attached hydrogen (secondary N) is 1. The highest BCUT2D eigenvalue weighted by Crippen LogP contribution is 2.29. The van der Waals surface area contributed by atoms with Gasteiger partial charge >= 0.3 is 0 Å². The van der Waals surface area contributed by atoms with Crippen molar-refractivity contribution in [3.8, 4) is 0 Å². The molecule has 0 radical (unpaired) electrons. The maximum atomic E-state index is 12.5. The molecule has 94 valence electrons. The van der Waals surface area contributed by atoms with E-state index in [4.69, 9.17) is 11.6 Å². The van der Waals surface area contributed by atoms with Crippen LogP contribution in [0.5, 0.6) is 0 Å². The van der Waals surface area contributed by atoms with Crippen LogP contribution in [0.2, 0.25) is 0 Å². The van der Waals surface area contributed by atoms with Crippen LogP contribution in [0.25, 0.3) is 0 Å². The number of Topliss-reactive ketones (excluding diaryl/α,β-unsaturated/α-hetero) is 1. The van der Waals surface area contributed by atoms with Gasteiger partial charge in [0.2, 0.25) is 6.43 Å². The summed E-state index contributed by atoms with van der Waals surface area (Å²) < 4.78 is 25.0. The molecule has 1 heterocycles. The molecule has 0 spiro atoms. The van der Waals surface area contributed by atoms with E-state index in [2.05, 4.69) is 5.32 Å². The first kappa shape index (κ1) is 13.8. The van der Waals surface area contributed by atoms with Crippen LogP contribution < -0.4 is 5.32 Å². The summed E-state index contributed by atoms with van der Waals surface area (Å²) in [6.45, 7) is 5.57. The lowest BCUT2D eigenvalue weighted by atomic mass is 9.82. The molecule has 0 aromatic carbocycles. The molecule has 1 N–H and O–H groups in total. The third-order valence-electron chi connectivity index (χ3n) is 2.90. The summed E-state index contributed by atoms with van der Waals surface area (Å²) in [5.74, 6) is -0.823. The summed E-state index contributed by atoms with van der Waals surface area (Å²) in [6, 6.07) is -0.391. The van der Waals surface area contributed by atoms with E-state index in [0.29, 0.717) is 0 Å². The van der Waals surface area contributed by atoms with E-state index >= 15 is 0 Å². The molecule has 0 aromatic heterocycles. The van der Waals surface area contributed by atoms with Crippen molar-refractivity contribution in [2.75, 3.05) is 6.54 Å². The molecule has 1 saturated heterocycles. The molecule has 0 aromatic rings. The van der Waals surface area contributed by atoms with Gasteiger partial charge < -0.3 is 5.32 Å². The zero-order valence-corrected chi connectivity index (χ0v) is 10.5. The minimum absolute atomic E-state index is 0.0332. The number of carbonyl (C=O) groups is 1. The maximum absolute atomic E-state index is 12.5. The van der Waals surface area contributed by atoms with Crippen molar-refractivity contribution in [3.05, 3.63) is 0 Å². The van der Waals surface area contributed by atoms with Gasteiger partial charge in [-0.2, -0.15) is 0 Å². The number of piperidine rings is 1. The Bertz CT molecular complexity index is 265. The van der Waals surface area contributed by atoms with Crippen molar-refractivity contribution < 1.29 is 13.6 Å². The second-order valence-electron chi connectivity index (χ2n) is 5.33. The van der Waals surface area contributed by atoms with Gasteiger partial charge in [-0.1, -0.05) is 20.8 Å². The van der Waals surface area contributed by atoms with Gasteiger partial charge in [-0.05, 0) is 6.42 Å². The standard InChI is InChI=1S/C11H18ClF2NO/c1-11(2,3)9(16)8-4-7(12)6(5-15-8)10(13)14/h6-8,10,15H,4-5H2,1-3H3. The van der Waals surface area contributed by atoms with Crippen LogP contribution in [-0.2, 0) is 4.79 Å². The number of rotatable bonds is 2. The molecule has 1 fully saturated rings. The smallest absolute Gasteiger partial charge is 0.244 e. The Labute approximate surface area is 99.7 Å². The monoisotopic (exact) mass is 253 g/mol. The van der Waals surface area contributed by atoms with Gasteiger partial charge in [-0.25, -0.2) is 8.78 Å². The minimum atomic E-state index is -2.43. The number of carbonyl (C=O) groups excluding carboxylic acids is 1. The minimum Gasteiger partial charge on any atom is -0.307 e. The molecule has 0 amide bonds. The quantitative estimate of drug-likeness (QED) is 0.766. The predicted octanol–water partition coefficient (Wildman–Crippen LogP) is 2.45. The number of ketones is 1. The molecule has 0 bridgehead atoms. The molecule has 1 rings (SSSR count). The van der Waals surface area contributed by atoms with Gasteiger partial charge in [0.25, 0.3) is 0 Å². The molecule has 0 aliphatic carbocycles. The number of hydrogen-bond acceptors (Lipinski definition) is 2. The van der Waals surface area contributed by atoms with Crippen LogP contribution in [0.3, 0.4) is 0 Å². The van der Waals surface area contributed by atoms with Gasteiger partial charge in [-0.15, -0.1) is 11.6 Å². The van der Waals surface area contributed by atoms with Gasteiger partial charge in [0, 0.05) is 23.3 Å². The fourth-order valence-electron chi connectivity index (χ4n) is 1.86. The summed E-state index contributed by atoms with van der Waals surface area (Å²) in [4.78, 5) is 11.9. The summed E-state index contributed by atoms with van der Waals surface area (Å²) in [7, 11) is 0. The Hall–Kier alpha value is -0.220. The Morgan fingerprint density at radius 3 is 2.38 bits per heavy atom. The highest BCUT2D eigenvalue weighted by atomic mass is 35.5. The molecule has 2 nitrogen and oxygen atoms in total. The SMILES string of the molecule is CC(C)(C)C(=O)C1CC(Cl)C(C(F)F)CN1. The lowest BCUT2D eigenvalue weighted by Gasteiger charge is -2.35. The Kier molecular flexibility index (Phi) is 4.29. The average molecular weight is 254 g/mol. The highest BCUT2D eigenvalue weighted by Gasteiger charge is 2.39. The summed E-state index contributed by atoms with van der Waals surface area (Å²) >= 11 is 5.89. The lowest BCUT2D eigenvalue weighted by Crippen LogP contribution is -2.53. The molecule has 3 unspecified atom stereocenters. The third kappa shape index (κ3) is 3.14. The Morgan fingerprint density at radius 2 is 2.00 bits per heavy atom. The van der Waals surface area contributed by atoms with E-state index in [-0.39, 0.29) is 18.7 Å². The largest absolute Gasteiger partial charge is 0.307 e. The maximum Gasteiger partial charge on any atom is 0.244 e. The van der Waals surface area contributed by atoms with E-state index in [9.17, 15) is 13.6 Å². The molecule has 1 aliphatic heterocycles. The predicted molar refractivity (Wildman–Crippen MR) is 60.0 cm³/mol. The van der Waals surface area contributed by atoms with Crippen molar-refractivity contribution in [3.63, 3.8) is 0 Å². The number of halogens is 3. The van der Waals surface area contributed by atoms with Crippen LogP contribution in [0, 0.1) is 11.3 Å². The normalized spacial score (nSPS) is 31.8. The Balaban J connectivity index is 2.62. The van der Waals surface area contributed by atoms with Crippen LogP contribution in [0.4, 0.5) is 8.78 Å². The van der Waals surface area contributed by atoms with Crippen LogP contribution >= 0.6 is 11.6 Å². The van der Waals surface area contributed by atoms with E-state index in [1.807, 2.05) is 20.8 Å². The van der Waals surface area contributed by atoms with Gasteiger partial charge in [0.15, 0.2) is 5.78 Å². The number of alkyl halides is 3. The topological polar surface area (TPSA) is 29.1 Å². The van der Waals surface area contributed by atoms with Crippen molar-refractivity contribution >= 4 is 17.4 Å². The van der Waals surface area contributed by atoms with Crippen molar-refractivity contribution in [2.24, 2.45) is 11.3 Å². The molecule has 1 aliphatic rings. The summed E-state index contributed by atoms with van der Waals surface area (Å²) in [5, 5.41) is 2.25. The first-order valence-electron chi connectivity index (χ1n) is 5.43. The second-order valence-corrected chi connectivity index (χ2v) is 5.89. The second kappa shape index (κ2) is 4.96. The van der Waals surface area contributed by atoms with Gasteiger partial charge in [-0.3, -0.25) is 4.79 Å². The average Bonchev–Trinajstić information content (AvgIpc) is 2.14. The van der Waals surface area contributed by atoms with Crippen molar-refractivity contribution in [2.45, 2.75) is 45.0 Å². The van der Waals surface area contributed by atoms with E-state index in [1.54, 1.807) is 0 Å². The zero-order chi connectivity index (χ0) is 12.5. The van der Waals surface area contributed by atoms with Crippen molar-refractivity contribution in [1.82, 2.24) is 5.32 Å². The zero-order valence-electron chi connectivity index (χ0n) is 9.77. The van der Waals surface area contributed by atoms with Crippen LogP contribution in [-0.4, -0.2) is 30.2 Å². The summed E-state index contributed by atoms with van der Waals surface area (Å²) in [5.41, 5.74) is -0.466. The molecule has 5 heteroatoms.